The third kappa shape index (κ3) is 3.04. The fourth-order valence-corrected chi connectivity index (χ4v) is 1.75. The Hall–Kier alpha value is -2.60. The van der Waals surface area contributed by atoms with E-state index in [0.29, 0.717) is 17.1 Å². The first-order valence-corrected chi connectivity index (χ1v) is 6.02. The molecule has 0 aliphatic heterocycles. The number of hydrazine groups is 1. The van der Waals surface area contributed by atoms with E-state index in [2.05, 4.69) is 15.7 Å². The van der Waals surface area contributed by atoms with Crippen molar-refractivity contribution in [1.29, 1.82) is 0 Å². The van der Waals surface area contributed by atoms with Crippen molar-refractivity contribution < 1.29 is 9.53 Å². The zero-order valence-corrected chi connectivity index (χ0v) is 11.3. The molecule has 6 heteroatoms. The molecule has 2 rings (SSSR count). The van der Waals surface area contributed by atoms with Gasteiger partial charge in [0.2, 0.25) is 0 Å². The number of rotatable bonds is 4. The predicted molar refractivity (Wildman–Crippen MR) is 77.7 cm³/mol. The van der Waals surface area contributed by atoms with Crippen LogP contribution in [-0.4, -0.2) is 18.0 Å². The molecule has 2 aromatic rings. The lowest BCUT2D eigenvalue weighted by atomic mass is 10.2. The monoisotopic (exact) mass is 272 g/mol. The molecule has 1 amide bonds. The summed E-state index contributed by atoms with van der Waals surface area (Å²) >= 11 is 0. The third-order valence-corrected chi connectivity index (χ3v) is 2.76. The van der Waals surface area contributed by atoms with Crippen LogP contribution in [0.3, 0.4) is 0 Å². The number of nitrogens with zero attached hydrogens (tertiary/aromatic N) is 1. The number of pyridine rings is 1. The van der Waals surface area contributed by atoms with Gasteiger partial charge in [0.05, 0.1) is 18.5 Å². The second-order valence-corrected chi connectivity index (χ2v) is 4.23. The molecule has 20 heavy (non-hydrogen) atoms. The van der Waals surface area contributed by atoms with Crippen LogP contribution < -0.4 is 21.3 Å². The molecule has 4 N–H and O–H groups in total. The van der Waals surface area contributed by atoms with E-state index in [4.69, 9.17) is 10.6 Å². The van der Waals surface area contributed by atoms with E-state index in [1.165, 1.54) is 6.20 Å². The van der Waals surface area contributed by atoms with Crippen molar-refractivity contribution in [2.45, 2.75) is 6.92 Å². The summed E-state index contributed by atoms with van der Waals surface area (Å²) in [6.07, 6.45) is 1.51. The second-order valence-electron chi connectivity index (χ2n) is 4.23. The molecule has 0 saturated heterocycles. The van der Waals surface area contributed by atoms with Crippen LogP contribution >= 0.6 is 0 Å². The number of methoxy groups -OCH3 is 1. The number of hydrogen-bond acceptors (Lipinski definition) is 5. The van der Waals surface area contributed by atoms with Crippen molar-refractivity contribution >= 4 is 17.3 Å². The Balaban J connectivity index is 2.25. The molecule has 0 atom stereocenters. The highest BCUT2D eigenvalue weighted by Gasteiger charge is 2.11. The van der Waals surface area contributed by atoms with Crippen LogP contribution in [0.25, 0.3) is 0 Å². The number of nitrogens with two attached hydrogens (primary N) is 1. The Morgan fingerprint density at radius 3 is 2.80 bits per heavy atom. The number of hydrogen-bond donors (Lipinski definition) is 3. The van der Waals surface area contributed by atoms with Gasteiger partial charge in [-0.25, -0.2) is 0 Å². The molecule has 104 valence electrons. The minimum absolute atomic E-state index is 0.268. The van der Waals surface area contributed by atoms with Gasteiger partial charge >= 0.3 is 0 Å². The largest absolute Gasteiger partial charge is 0.495 e. The fourth-order valence-electron chi connectivity index (χ4n) is 1.75. The van der Waals surface area contributed by atoms with Crippen LogP contribution in [0.4, 0.5) is 11.4 Å². The first-order valence-electron chi connectivity index (χ1n) is 6.02. The van der Waals surface area contributed by atoms with Gasteiger partial charge < -0.3 is 15.5 Å². The molecule has 1 heterocycles. The van der Waals surface area contributed by atoms with Gasteiger partial charge in [0.25, 0.3) is 5.91 Å². The first-order chi connectivity index (χ1) is 9.63. The van der Waals surface area contributed by atoms with Crippen molar-refractivity contribution in [1.82, 2.24) is 4.98 Å². The van der Waals surface area contributed by atoms with Crippen LogP contribution in [0.5, 0.6) is 5.75 Å². The number of carbonyl (C=O) groups is 1. The van der Waals surface area contributed by atoms with Crippen molar-refractivity contribution in [3.05, 3.63) is 47.8 Å². The minimum atomic E-state index is -0.328. The Morgan fingerprint density at radius 2 is 2.10 bits per heavy atom. The Kier molecular flexibility index (Phi) is 4.17. The first kappa shape index (κ1) is 13.8. The molecule has 0 unspecified atom stereocenters. The van der Waals surface area contributed by atoms with Gasteiger partial charge in [0, 0.05) is 6.20 Å². The normalized spacial score (nSPS) is 9.95. The molecule has 0 saturated carbocycles. The fraction of sp³-hybridized carbons (Fsp3) is 0.143. The number of aromatic nitrogens is 1. The van der Waals surface area contributed by atoms with Crippen LogP contribution in [0.1, 0.15) is 16.1 Å². The maximum atomic E-state index is 12.2. The second kappa shape index (κ2) is 6.03. The van der Waals surface area contributed by atoms with Crippen LogP contribution in [0.15, 0.2) is 36.5 Å². The predicted octanol–water partition coefficient (Wildman–Crippen LogP) is 1.94. The van der Waals surface area contributed by atoms with E-state index in [9.17, 15) is 4.79 Å². The third-order valence-electron chi connectivity index (χ3n) is 2.76. The molecular weight excluding hydrogens is 256 g/mol. The van der Waals surface area contributed by atoms with Crippen molar-refractivity contribution in [2.24, 2.45) is 5.84 Å². The number of nitrogen functional groups attached to an aromatic ring is 1. The molecule has 0 fully saturated rings. The smallest absolute Gasteiger partial charge is 0.274 e. The average molecular weight is 272 g/mol. The van der Waals surface area contributed by atoms with E-state index in [-0.39, 0.29) is 11.6 Å². The minimum Gasteiger partial charge on any atom is -0.495 e. The number of carbonyl (C=O) groups excluding carboxylic acids is 1. The molecule has 1 aromatic carbocycles. The topological polar surface area (TPSA) is 89.3 Å². The summed E-state index contributed by atoms with van der Waals surface area (Å²) in [6, 6.07) is 8.78. The lowest BCUT2D eigenvalue weighted by Gasteiger charge is -2.11. The van der Waals surface area contributed by atoms with Crippen molar-refractivity contribution in [2.75, 3.05) is 17.9 Å². The van der Waals surface area contributed by atoms with Crippen LogP contribution in [0, 0.1) is 6.92 Å². The number of amides is 1. The van der Waals surface area contributed by atoms with Crippen LogP contribution in [0.2, 0.25) is 0 Å². The number of anilines is 2. The highest BCUT2D eigenvalue weighted by molar-refractivity contribution is 6.04. The zero-order chi connectivity index (χ0) is 14.5. The maximum Gasteiger partial charge on any atom is 0.274 e. The van der Waals surface area contributed by atoms with Crippen molar-refractivity contribution in [3.8, 4) is 5.75 Å². The average Bonchev–Trinajstić information content (AvgIpc) is 2.47. The van der Waals surface area contributed by atoms with Gasteiger partial charge in [-0.1, -0.05) is 6.07 Å². The molecule has 0 aliphatic carbocycles. The molecule has 6 nitrogen and oxygen atoms in total. The quantitative estimate of drug-likeness (QED) is 0.584. The molecule has 0 bridgehead atoms. The Morgan fingerprint density at radius 1 is 1.30 bits per heavy atom. The SMILES string of the molecule is COc1ccc(C)cc1NC(=O)c1cc(NN)ccn1. The van der Waals surface area contributed by atoms with Gasteiger partial charge in [-0.3, -0.25) is 15.6 Å². The van der Waals surface area contributed by atoms with Gasteiger partial charge in [-0.2, -0.15) is 0 Å². The maximum absolute atomic E-state index is 12.2. The summed E-state index contributed by atoms with van der Waals surface area (Å²) in [5, 5.41) is 2.77. The van der Waals surface area contributed by atoms with E-state index < -0.39 is 0 Å². The standard InChI is InChI=1S/C14H16N4O2/c1-9-3-4-13(20-2)11(7-9)17-14(19)12-8-10(18-15)5-6-16-12/h3-8H,15H2,1-2H3,(H,16,18)(H,17,19). The van der Waals surface area contributed by atoms with Crippen LogP contribution in [-0.2, 0) is 0 Å². The highest BCUT2D eigenvalue weighted by Crippen LogP contribution is 2.25. The van der Waals surface area contributed by atoms with Gasteiger partial charge in [-0.05, 0) is 36.8 Å². The molecule has 0 aliphatic rings. The van der Waals surface area contributed by atoms with E-state index in [1.807, 2.05) is 19.1 Å². The van der Waals surface area contributed by atoms with Gasteiger partial charge in [0.1, 0.15) is 11.4 Å². The number of ether oxygens (including phenoxy) is 1. The summed E-state index contributed by atoms with van der Waals surface area (Å²) in [5.74, 6) is 5.57. The Labute approximate surface area is 116 Å². The molecule has 1 aromatic heterocycles. The summed E-state index contributed by atoms with van der Waals surface area (Å²) in [7, 11) is 1.55. The summed E-state index contributed by atoms with van der Waals surface area (Å²) in [6.45, 7) is 1.94. The van der Waals surface area contributed by atoms with E-state index in [1.54, 1.807) is 25.3 Å². The van der Waals surface area contributed by atoms with Crippen molar-refractivity contribution in [3.63, 3.8) is 0 Å². The lowest BCUT2D eigenvalue weighted by molar-refractivity contribution is 0.102. The lowest BCUT2D eigenvalue weighted by Crippen LogP contribution is -2.15. The molecular formula is C14H16N4O2. The molecule has 0 radical (unpaired) electrons. The number of aryl methyl sites for hydroxylation is 1. The molecule has 0 spiro atoms. The summed E-state index contributed by atoms with van der Waals surface area (Å²) < 4.78 is 5.21. The van der Waals surface area contributed by atoms with Gasteiger partial charge in [-0.15, -0.1) is 0 Å². The number of benzene rings is 1. The highest BCUT2D eigenvalue weighted by atomic mass is 16.5. The summed E-state index contributed by atoms with van der Waals surface area (Å²) in [4.78, 5) is 16.2. The zero-order valence-electron chi connectivity index (χ0n) is 11.3. The Bertz CT molecular complexity index is 628. The van der Waals surface area contributed by atoms with E-state index >= 15 is 0 Å². The summed E-state index contributed by atoms with van der Waals surface area (Å²) in [5.41, 5.74) is 4.98. The number of nitrogens with one attached hydrogen (secondary N) is 2. The van der Waals surface area contributed by atoms with Gasteiger partial charge in [0.15, 0.2) is 0 Å². The van der Waals surface area contributed by atoms with E-state index in [0.717, 1.165) is 5.56 Å².